The van der Waals surface area contributed by atoms with Crippen LogP contribution < -0.4 is 4.72 Å². The zero-order valence-electron chi connectivity index (χ0n) is 12.0. The monoisotopic (exact) mass is 310 g/mol. The highest BCUT2D eigenvalue weighted by Gasteiger charge is 2.15. The average molecular weight is 310 g/mol. The van der Waals surface area contributed by atoms with E-state index in [1.54, 1.807) is 13.8 Å². The van der Waals surface area contributed by atoms with Gasteiger partial charge in [0.1, 0.15) is 0 Å². The second-order valence-electron chi connectivity index (χ2n) is 4.52. The molecule has 1 amide bonds. The van der Waals surface area contributed by atoms with E-state index in [1.807, 2.05) is 0 Å². The van der Waals surface area contributed by atoms with Crippen molar-refractivity contribution in [3.05, 3.63) is 0 Å². The SMILES string of the molecule is CC(C)OCCS(=O)(=O)NCC(=O)N(C)CCC(=O)O. The lowest BCUT2D eigenvalue weighted by Gasteiger charge is -2.16. The number of carbonyl (C=O) groups excluding carboxylic acids is 1. The van der Waals surface area contributed by atoms with Crippen molar-refractivity contribution in [3.63, 3.8) is 0 Å². The maximum atomic E-state index is 11.6. The standard InChI is InChI=1S/C11H22N2O6S/c1-9(2)19-6-7-20(17,18)12-8-10(14)13(3)5-4-11(15)16/h9,12H,4-8H2,1-3H3,(H,15,16). The molecular formula is C11H22N2O6S. The molecule has 0 fully saturated rings. The van der Waals surface area contributed by atoms with Crippen molar-refractivity contribution in [1.29, 1.82) is 0 Å². The van der Waals surface area contributed by atoms with E-state index in [0.717, 1.165) is 0 Å². The van der Waals surface area contributed by atoms with Crippen LogP contribution in [0.3, 0.4) is 0 Å². The minimum absolute atomic E-state index is 0.0341. The van der Waals surface area contributed by atoms with Gasteiger partial charge in [-0.25, -0.2) is 13.1 Å². The number of hydrogen-bond donors (Lipinski definition) is 2. The van der Waals surface area contributed by atoms with Crippen molar-refractivity contribution in [2.45, 2.75) is 26.4 Å². The van der Waals surface area contributed by atoms with Crippen LogP contribution in [0.15, 0.2) is 0 Å². The number of carboxylic acids is 1. The fourth-order valence-corrected chi connectivity index (χ4v) is 1.96. The predicted molar refractivity (Wildman–Crippen MR) is 72.8 cm³/mol. The van der Waals surface area contributed by atoms with Gasteiger partial charge in [0.15, 0.2) is 0 Å². The Hall–Kier alpha value is -1.19. The Labute approximate surface area is 119 Å². The maximum Gasteiger partial charge on any atom is 0.305 e. The van der Waals surface area contributed by atoms with Gasteiger partial charge >= 0.3 is 5.97 Å². The van der Waals surface area contributed by atoms with E-state index in [-0.39, 0.29) is 38.0 Å². The molecule has 0 aromatic heterocycles. The minimum atomic E-state index is -3.58. The lowest BCUT2D eigenvalue weighted by Crippen LogP contribution is -2.40. The van der Waals surface area contributed by atoms with Gasteiger partial charge in [-0.1, -0.05) is 0 Å². The number of rotatable bonds is 10. The Bertz CT molecular complexity index is 421. The summed E-state index contributed by atoms with van der Waals surface area (Å²) in [5, 5.41) is 8.48. The summed E-state index contributed by atoms with van der Waals surface area (Å²) in [5.74, 6) is -1.73. The third-order valence-electron chi connectivity index (χ3n) is 2.33. The molecule has 8 nitrogen and oxygen atoms in total. The lowest BCUT2D eigenvalue weighted by molar-refractivity contribution is -0.138. The fourth-order valence-electron chi connectivity index (χ4n) is 1.16. The summed E-state index contributed by atoms with van der Waals surface area (Å²) >= 11 is 0. The topological polar surface area (TPSA) is 113 Å². The summed E-state index contributed by atoms with van der Waals surface area (Å²) in [6.07, 6.45) is -0.244. The Morgan fingerprint density at radius 3 is 2.45 bits per heavy atom. The molecule has 0 heterocycles. The number of carboxylic acid groups (broad SMARTS) is 1. The first-order valence-electron chi connectivity index (χ1n) is 6.18. The van der Waals surface area contributed by atoms with Crippen LogP contribution in [0, 0.1) is 0 Å². The number of carbonyl (C=O) groups is 2. The number of ether oxygens (including phenoxy) is 1. The van der Waals surface area contributed by atoms with E-state index in [9.17, 15) is 18.0 Å². The zero-order chi connectivity index (χ0) is 15.8. The molecule has 0 aliphatic rings. The first-order valence-corrected chi connectivity index (χ1v) is 7.84. The Morgan fingerprint density at radius 1 is 1.35 bits per heavy atom. The highest BCUT2D eigenvalue weighted by Crippen LogP contribution is 1.93. The van der Waals surface area contributed by atoms with E-state index >= 15 is 0 Å². The molecule has 118 valence electrons. The summed E-state index contributed by atoms with van der Waals surface area (Å²) in [4.78, 5) is 23.1. The number of likely N-dealkylation sites (N-methyl/N-ethyl adjacent to an activating group) is 1. The largest absolute Gasteiger partial charge is 0.481 e. The van der Waals surface area contributed by atoms with Gasteiger partial charge in [0.05, 0.1) is 31.4 Å². The molecule has 0 spiro atoms. The maximum absolute atomic E-state index is 11.6. The van der Waals surface area contributed by atoms with Crippen molar-refractivity contribution >= 4 is 21.9 Å². The molecule has 0 unspecified atom stereocenters. The number of aliphatic carboxylic acids is 1. The van der Waals surface area contributed by atoms with Crippen molar-refractivity contribution in [3.8, 4) is 0 Å². The van der Waals surface area contributed by atoms with Gasteiger partial charge in [-0.2, -0.15) is 0 Å². The van der Waals surface area contributed by atoms with Crippen LogP contribution in [0.1, 0.15) is 20.3 Å². The van der Waals surface area contributed by atoms with Crippen LogP contribution >= 0.6 is 0 Å². The van der Waals surface area contributed by atoms with Gasteiger partial charge in [-0.3, -0.25) is 9.59 Å². The third-order valence-corrected chi connectivity index (χ3v) is 3.62. The second kappa shape index (κ2) is 8.88. The molecule has 0 aromatic rings. The minimum Gasteiger partial charge on any atom is -0.481 e. The molecule has 0 saturated heterocycles. The number of nitrogens with zero attached hydrogens (tertiary/aromatic N) is 1. The van der Waals surface area contributed by atoms with E-state index in [2.05, 4.69) is 4.72 Å². The molecule has 0 saturated carbocycles. The van der Waals surface area contributed by atoms with E-state index < -0.39 is 21.9 Å². The molecule has 0 radical (unpaired) electrons. The van der Waals surface area contributed by atoms with Crippen LogP contribution in [0.4, 0.5) is 0 Å². The van der Waals surface area contributed by atoms with Gasteiger partial charge in [-0.15, -0.1) is 0 Å². The van der Waals surface area contributed by atoms with Crippen molar-refractivity contribution in [2.75, 3.05) is 32.5 Å². The average Bonchev–Trinajstić information content (AvgIpc) is 2.32. The molecule has 0 aromatic carbocycles. The Morgan fingerprint density at radius 2 is 1.95 bits per heavy atom. The summed E-state index contributed by atoms with van der Waals surface area (Å²) in [7, 11) is -2.16. The van der Waals surface area contributed by atoms with Gasteiger partial charge < -0.3 is 14.7 Å². The molecule has 0 aliphatic carbocycles. The highest BCUT2D eigenvalue weighted by molar-refractivity contribution is 7.89. The van der Waals surface area contributed by atoms with E-state index in [1.165, 1.54) is 11.9 Å². The first-order chi connectivity index (χ1) is 9.14. The predicted octanol–water partition coefficient (Wildman–Crippen LogP) is -0.736. The van der Waals surface area contributed by atoms with Gasteiger partial charge in [0, 0.05) is 13.6 Å². The van der Waals surface area contributed by atoms with Crippen LogP contribution in [0.2, 0.25) is 0 Å². The molecule has 0 aliphatic heterocycles. The number of amides is 1. The molecule has 0 bridgehead atoms. The van der Waals surface area contributed by atoms with Crippen LogP contribution in [0.5, 0.6) is 0 Å². The van der Waals surface area contributed by atoms with Crippen molar-refractivity contribution < 1.29 is 27.9 Å². The number of hydrogen-bond acceptors (Lipinski definition) is 5. The van der Waals surface area contributed by atoms with E-state index in [4.69, 9.17) is 9.84 Å². The highest BCUT2D eigenvalue weighted by atomic mass is 32.2. The van der Waals surface area contributed by atoms with Gasteiger partial charge in [-0.05, 0) is 13.8 Å². The lowest BCUT2D eigenvalue weighted by atomic mass is 10.4. The van der Waals surface area contributed by atoms with Crippen molar-refractivity contribution in [1.82, 2.24) is 9.62 Å². The number of nitrogens with one attached hydrogen (secondary N) is 1. The quantitative estimate of drug-likeness (QED) is 0.550. The summed E-state index contributed by atoms with van der Waals surface area (Å²) in [6.45, 7) is 3.28. The molecular weight excluding hydrogens is 288 g/mol. The first kappa shape index (κ1) is 18.8. The molecule has 9 heteroatoms. The molecule has 0 rings (SSSR count). The third kappa shape index (κ3) is 9.70. The zero-order valence-corrected chi connectivity index (χ0v) is 12.8. The smallest absolute Gasteiger partial charge is 0.305 e. The van der Waals surface area contributed by atoms with Crippen molar-refractivity contribution in [2.24, 2.45) is 0 Å². The Balaban J connectivity index is 4.06. The summed E-state index contributed by atoms with van der Waals surface area (Å²) in [6, 6.07) is 0. The normalized spacial score (nSPS) is 11.6. The Kier molecular flexibility index (Phi) is 8.35. The summed E-state index contributed by atoms with van der Waals surface area (Å²) in [5.41, 5.74) is 0. The summed E-state index contributed by atoms with van der Waals surface area (Å²) < 4.78 is 30.4. The van der Waals surface area contributed by atoms with Crippen LogP contribution in [-0.4, -0.2) is 68.9 Å². The molecule has 20 heavy (non-hydrogen) atoms. The van der Waals surface area contributed by atoms with Crippen LogP contribution in [0.25, 0.3) is 0 Å². The van der Waals surface area contributed by atoms with Gasteiger partial charge in [0.2, 0.25) is 15.9 Å². The second-order valence-corrected chi connectivity index (χ2v) is 6.44. The van der Waals surface area contributed by atoms with Gasteiger partial charge in [0.25, 0.3) is 0 Å². The molecule has 0 atom stereocenters. The van der Waals surface area contributed by atoms with Crippen LogP contribution in [-0.2, 0) is 24.3 Å². The molecule has 2 N–H and O–H groups in total. The number of sulfonamides is 1. The van der Waals surface area contributed by atoms with E-state index in [0.29, 0.717) is 0 Å². The fraction of sp³-hybridized carbons (Fsp3) is 0.818.